The van der Waals surface area contributed by atoms with Crippen molar-refractivity contribution in [3.63, 3.8) is 0 Å². The molecule has 1 aliphatic rings. The third-order valence-electron chi connectivity index (χ3n) is 2.82. The Hall–Kier alpha value is -1.78. The summed E-state index contributed by atoms with van der Waals surface area (Å²) in [5, 5.41) is 2.90. The second-order valence-electron chi connectivity index (χ2n) is 4.13. The molecule has 0 saturated heterocycles. The molecule has 5 heteroatoms. The van der Waals surface area contributed by atoms with Crippen molar-refractivity contribution in [2.24, 2.45) is 0 Å². The van der Waals surface area contributed by atoms with E-state index in [4.69, 9.17) is 0 Å². The number of ketones is 1. The Morgan fingerprint density at radius 3 is 2.39 bits per heavy atom. The van der Waals surface area contributed by atoms with E-state index >= 15 is 0 Å². The number of rotatable bonds is 3. The number of hydrogen-bond donors (Lipinski definition) is 1. The van der Waals surface area contributed by atoms with Gasteiger partial charge in [-0.3, -0.25) is 4.79 Å². The van der Waals surface area contributed by atoms with Crippen LogP contribution >= 0.6 is 0 Å². The molecule has 0 aromatic heterocycles. The largest absolute Gasteiger partial charge is 0.454 e. The molecule has 96 valence electrons. The van der Waals surface area contributed by atoms with Gasteiger partial charge in [0, 0.05) is 17.0 Å². The van der Waals surface area contributed by atoms with Crippen molar-refractivity contribution in [2.75, 3.05) is 5.32 Å². The molecule has 0 spiro atoms. The maximum Gasteiger partial charge on any atom is 0.454 e. The van der Waals surface area contributed by atoms with Crippen LogP contribution in [0, 0.1) is 0 Å². The Balaban J connectivity index is 2.22. The molecular weight excluding hydrogens is 243 g/mol. The van der Waals surface area contributed by atoms with Gasteiger partial charge in [0.1, 0.15) is 0 Å². The van der Waals surface area contributed by atoms with E-state index in [1.807, 2.05) is 6.07 Å². The first kappa shape index (κ1) is 12.7. The molecule has 0 amide bonds. The molecule has 0 atom stereocenters. The van der Waals surface area contributed by atoms with E-state index in [9.17, 15) is 18.0 Å². The van der Waals surface area contributed by atoms with Crippen LogP contribution in [0.3, 0.4) is 0 Å². The summed E-state index contributed by atoms with van der Waals surface area (Å²) in [7, 11) is 0. The Morgan fingerprint density at radius 1 is 1.11 bits per heavy atom. The fourth-order valence-electron chi connectivity index (χ4n) is 2.00. The normalized spacial score (nSPS) is 15.9. The molecule has 0 fully saturated rings. The van der Waals surface area contributed by atoms with Gasteiger partial charge in [-0.25, -0.2) is 0 Å². The second kappa shape index (κ2) is 4.84. The van der Waals surface area contributed by atoms with Gasteiger partial charge in [0.25, 0.3) is 5.78 Å². The predicted octanol–water partition coefficient (Wildman–Crippen LogP) is 3.67. The molecule has 1 N–H and O–H groups in total. The van der Waals surface area contributed by atoms with Crippen LogP contribution in [0.25, 0.3) is 0 Å². The Kier molecular flexibility index (Phi) is 3.41. The molecule has 2 rings (SSSR count). The van der Waals surface area contributed by atoms with Crippen molar-refractivity contribution < 1.29 is 18.0 Å². The first-order chi connectivity index (χ1) is 8.48. The van der Waals surface area contributed by atoms with E-state index in [0.717, 1.165) is 0 Å². The summed E-state index contributed by atoms with van der Waals surface area (Å²) in [5.41, 5.74) is 0.955. The molecule has 0 heterocycles. The monoisotopic (exact) mass is 255 g/mol. The van der Waals surface area contributed by atoms with E-state index < -0.39 is 12.0 Å². The maximum absolute atomic E-state index is 12.4. The lowest BCUT2D eigenvalue weighted by molar-refractivity contribution is -0.166. The van der Waals surface area contributed by atoms with Crippen molar-refractivity contribution in [1.82, 2.24) is 0 Å². The van der Waals surface area contributed by atoms with Crippen LogP contribution < -0.4 is 5.32 Å². The van der Waals surface area contributed by atoms with Gasteiger partial charge in [-0.15, -0.1) is 0 Å². The fraction of sp³-hybridized carbons (Fsp3) is 0.308. The van der Waals surface area contributed by atoms with Crippen LogP contribution in [0.1, 0.15) is 19.3 Å². The Bertz CT molecular complexity index is 477. The molecule has 18 heavy (non-hydrogen) atoms. The molecule has 1 aliphatic carbocycles. The SMILES string of the molecule is O=C(C1=C(Nc2ccccc2)CCC1)C(F)(F)F. The van der Waals surface area contributed by atoms with Crippen LogP contribution in [-0.2, 0) is 4.79 Å². The first-order valence-corrected chi connectivity index (χ1v) is 5.64. The van der Waals surface area contributed by atoms with Gasteiger partial charge >= 0.3 is 6.18 Å². The van der Waals surface area contributed by atoms with E-state index in [0.29, 0.717) is 24.2 Å². The number of hydrogen-bond acceptors (Lipinski definition) is 2. The lowest BCUT2D eigenvalue weighted by atomic mass is 10.1. The third-order valence-corrected chi connectivity index (χ3v) is 2.82. The highest BCUT2D eigenvalue weighted by Gasteiger charge is 2.42. The minimum absolute atomic E-state index is 0.133. The molecule has 0 bridgehead atoms. The summed E-state index contributed by atoms with van der Waals surface area (Å²) >= 11 is 0. The van der Waals surface area contributed by atoms with Crippen LogP contribution in [0.2, 0.25) is 0 Å². The lowest BCUT2D eigenvalue weighted by Crippen LogP contribution is -2.25. The molecular formula is C13H12F3NO. The first-order valence-electron chi connectivity index (χ1n) is 5.64. The van der Waals surface area contributed by atoms with Gasteiger partial charge in [0.2, 0.25) is 0 Å². The van der Waals surface area contributed by atoms with Gasteiger partial charge < -0.3 is 5.32 Å². The average Bonchev–Trinajstić information content (AvgIpc) is 2.76. The second-order valence-corrected chi connectivity index (χ2v) is 4.13. The zero-order valence-electron chi connectivity index (χ0n) is 9.55. The number of allylic oxidation sites excluding steroid dienone is 2. The van der Waals surface area contributed by atoms with E-state index in [1.165, 1.54) is 0 Å². The number of benzene rings is 1. The van der Waals surface area contributed by atoms with Crippen molar-refractivity contribution in [1.29, 1.82) is 0 Å². The summed E-state index contributed by atoms with van der Waals surface area (Å²) in [4.78, 5) is 11.2. The highest BCUT2D eigenvalue weighted by atomic mass is 19.4. The van der Waals surface area contributed by atoms with Gasteiger partial charge in [-0.05, 0) is 31.4 Å². The number of anilines is 1. The Labute approximate surface area is 102 Å². The number of nitrogens with one attached hydrogen (secondary N) is 1. The topological polar surface area (TPSA) is 29.1 Å². The fourth-order valence-corrected chi connectivity index (χ4v) is 2.00. The van der Waals surface area contributed by atoms with Crippen molar-refractivity contribution >= 4 is 11.5 Å². The van der Waals surface area contributed by atoms with Gasteiger partial charge in [0.15, 0.2) is 0 Å². The summed E-state index contributed by atoms with van der Waals surface area (Å²) in [6, 6.07) is 8.88. The van der Waals surface area contributed by atoms with Crippen LogP contribution in [-0.4, -0.2) is 12.0 Å². The van der Waals surface area contributed by atoms with E-state index in [-0.39, 0.29) is 12.0 Å². The zero-order chi connectivity index (χ0) is 13.2. The van der Waals surface area contributed by atoms with Crippen LogP contribution in [0.5, 0.6) is 0 Å². The quantitative estimate of drug-likeness (QED) is 0.892. The molecule has 0 radical (unpaired) electrons. The highest BCUT2D eigenvalue weighted by molar-refractivity contribution is 6.01. The summed E-state index contributed by atoms with van der Waals surface area (Å²) in [6.07, 6.45) is -3.55. The lowest BCUT2D eigenvalue weighted by Gasteiger charge is -2.11. The standard InChI is InChI=1S/C13H12F3NO/c14-13(15,16)12(18)10-7-4-8-11(10)17-9-5-2-1-3-6-9/h1-3,5-6,17H,4,7-8H2. The van der Waals surface area contributed by atoms with Crippen molar-refractivity contribution in [2.45, 2.75) is 25.4 Å². The van der Waals surface area contributed by atoms with Crippen LogP contribution in [0.15, 0.2) is 41.6 Å². The number of alkyl halides is 3. The minimum Gasteiger partial charge on any atom is -0.359 e. The summed E-state index contributed by atoms with van der Waals surface area (Å²) in [6.45, 7) is 0. The van der Waals surface area contributed by atoms with Crippen LogP contribution in [0.4, 0.5) is 18.9 Å². The zero-order valence-corrected chi connectivity index (χ0v) is 9.55. The smallest absolute Gasteiger partial charge is 0.359 e. The number of carbonyl (C=O) groups excluding carboxylic acids is 1. The average molecular weight is 255 g/mol. The molecule has 2 nitrogen and oxygen atoms in total. The molecule has 0 saturated carbocycles. The van der Waals surface area contributed by atoms with E-state index in [2.05, 4.69) is 5.32 Å². The third kappa shape index (κ3) is 2.72. The predicted molar refractivity (Wildman–Crippen MR) is 62.0 cm³/mol. The van der Waals surface area contributed by atoms with Crippen molar-refractivity contribution in [3.8, 4) is 0 Å². The highest BCUT2D eigenvalue weighted by Crippen LogP contribution is 2.32. The van der Waals surface area contributed by atoms with Gasteiger partial charge in [0.05, 0.1) is 0 Å². The molecule has 0 unspecified atom stereocenters. The van der Waals surface area contributed by atoms with E-state index in [1.54, 1.807) is 24.3 Å². The number of para-hydroxylation sites is 1. The van der Waals surface area contributed by atoms with Gasteiger partial charge in [-0.2, -0.15) is 13.2 Å². The molecule has 1 aromatic carbocycles. The molecule has 1 aromatic rings. The van der Waals surface area contributed by atoms with Crippen molar-refractivity contribution in [3.05, 3.63) is 41.6 Å². The van der Waals surface area contributed by atoms with Gasteiger partial charge in [-0.1, -0.05) is 18.2 Å². The maximum atomic E-state index is 12.4. The minimum atomic E-state index is -4.79. The number of Topliss-reactive ketones (excluding diaryl/α,β-unsaturated/α-hetero) is 1. The Morgan fingerprint density at radius 2 is 1.78 bits per heavy atom. The summed E-state index contributed by atoms with van der Waals surface area (Å²) in [5.74, 6) is -1.72. The summed E-state index contributed by atoms with van der Waals surface area (Å²) < 4.78 is 37.2. The molecule has 0 aliphatic heterocycles. The number of halogens is 3. The number of carbonyl (C=O) groups is 1.